The second-order valence-electron chi connectivity index (χ2n) is 7.01. The number of rotatable bonds is 1. The number of nitrogens with one attached hydrogen (secondary N) is 1. The lowest BCUT2D eigenvalue weighted by Gasteiger charge is -2.24. The van der Waals surface area contributed by atoms with Crippen LogP contribution in [-0.2, 0) is 0 Å². The van der Waals surface area contributed by atoms with Crippen molar-refractivity contribution in [2.24, 2.45) is 0 Å². The number of thiophene rings is 1. The zero-order chi connectivity index (χ0) is 18.2. The first-order valence-electron chi connectivity index (χ1n) is 9.43. The summed E-state index contributed by atoms with van der Waals surface area (Å²) >= 11 is 7.36. The Morgan fingerprint density at radius 1 is 0.963 bits per heavy atom. The summed E-state index contributed by atoms with van der Waals surface area (Å²) in [5.74, 6) is 0. The minimum absolute atomic E-state index is 0.826. The molecule has 3 heterocycles. The van der Waals surface area contributed by atoms with Gasteiger partial charge in [-0.1, -0.05) is 25.0 Å². The van der Waals surface area contributed by atoms with Gasteiger partial charge in [-0.05, 0) is 55.4 Å². The molecule has 2 aromatic carbocycles. The van der Waals surface area contributed by atoms with Crippen LogP contribution in [0, 0.1) is 0 Å². The molecule has 0 spiro atoms. The lowest BCUT2D eigenvalue weighted by Crippen LogP contribution is -2.35. The standard InChI is InChI=1S/C21H20N4S2/c26-21(25-11-5-1-2-6-12-25)22-14-9-10-18-15(13-14)19-20(27-18)24-17-8-4-3-7-16(17)23-19/h3-4,7-10,13H,1-2,5-6,11-12H2,(H,22,26). The Hall–Kier alpha value is -2.31. The second kappa shape index (κ2) is 7.02. The van der Waals surface area contributed by atoms with E-state index in [-0.39, 0.29) is 0 Å². The molecule has 0 bridgehead atoms. The van der Waals surface area contributed by atoms with Crippen molar-refractivity contribution in [1.29, 1.82) is 0 Å². The molecule has 0 aliphatic carbocycles. The Balaban J connectivity index is 1.51. The van der Waals surface area contributed by atoms with Gasteiger partial charge in [0.1, 0.15) is 10.3 Å². The van der Waals surface area contributed by atoms with Gasteiger partial charge < -0.3 is 10.2 Å². The van der Waals surface area contributed by atoms with Crippen molar-refractivity contribution in [3.8, 4) is 0 Å². The zero-order valence-electron chi connectivity index (χ0n) is 14.9. The highest BCUT2D eigenvalue weighted by Crippen LogP contribution is 2.34. The van der Waals surface area contributed by atoms with Crippen LogP contribution in [-0.4, -0.2) is 33.1 Å². The van der Waals surface area contributed by atoms with Gasteiger partial charge >= 0.3 is 0 Å². The van der Waals surface area contributed by atoms with E-state index in [0.29, 0.717) is 0 Å². The number of benzene rings is 2. The fourth-order valence-electron chi connectivity index (χ4n) is 3.69. The van der Waals surface area contributed by atoms with E-state index in [9.17, 15) is 0 Å². The van der Waals surface area contributed by atoms with Gasteiger partial charge in [-0.2, -0.15) is 0 Å². The molecule has 2 aromatic heterocycles. The maximum Gasteiger partial charge on any atom is 0.173 e. The Kier molecular flexibility index (Phi) is 4.38. The average Bonchev–Trinajstić information content (AvgIpc) is 2.85. The predicted molar refractivity (Wildman–Crippen MR) is 119 cm³/mol. The van der Waals surface area contributed by atoms with Gasteiger partial charge in [-0.3, -0.25) is 0 Å². The summed E-state index contributed by atoms with van der Waals surface area (Å²) in [5.41, 5.74) is 3.87. The van der Waals surface area contributed by atoms with Crippen molar-refractivity contribution in [3.05, 3.63) is 42.5 Å². The molecule has 27 heavy (non-hydrogen) atoms. The minimum Gasteiger partial charge on any atom is -0.349 e. The SMILES string of the molecule is S=C(Nc1ccc2sc3nc4ccccc4nc3c2c1)N1CCCCCC1. The third-order valence-electron chi connectivity index (χ3n) is 5.12. The van der Waals surface area contributed by atoms with Gasteiger partial charge in [0.05, 0.1) is 11.0 Å². The lowest BCUT2D eigenvalue weighted by molar-refractivity contribution is 0.441. The fraction of sp³-hybridized carbons (Fsp3) is 0.286. The van der Waals surface area contributed by atoms with Gasteiger partial charge in [0.15, 0.2) is 5.11 Å². The Bertz CT molecular complexity index is 1140. The van der Waals surface area contributed by atoms with Crippen LogP contribution in [0.2, 0.25) is 0 Å². The molecule has 0 unspecified atom stereocenters. The topological polar surface area (TPSA) is 41.1 Å². The zero-order valence-corrected chi connectivity index (χ0v) is 16.6. The molecule has 1 aliphatic rings. The van der Waals surface area contributed by atoms with Crippen molar-refractivity contribution in [1.82, 2.24) is 14.9 Å². The number of fused-ring (bicyclic) bond motifs is 4. The summed E-state index contributed by atoms with van der Waals surface area (Å²) in [6, 6.07) is 14.4. The molecule has 1 saturated heterocycles. The van der Waals surface area contributed by atoms with Crippen molar-refractivity contribution in [3.63, 3.8) is 0 Å². The monoisotopic (exact) mass is 392 g/mol. The number of hydrogen-bond acceptors (Lipinski definition) is 4. The van der Waals surface area contributed by atoms with Gasteiger partial charge in [-0.15, -0.1) is 11.3 Å². The summed E-state index contributed by atoms with van der Waals surface area (Å²) < 4.78 is 1.20. The van der Waals surface area contributed by atoms with Crippen molar-refractivity contribution in [2.45, 2.75) is 25.7 Å². The first-order chi connectivity index (χ1) is 13.3. The van der Waals surface area contributed by atoms with Gasteiger partial charge in [-0.25, -0.2) is 9.97 Å². The van der Waals surface area contributed by atoms with Crippen LogP contribution >= 0.6 is 23.6 Å². The van der Waals surface area contributed by atoms with Crippen LogP contribution in [0.15, 0.2) is 42.5 Å². The number of likely N-dealkylation sites (tertiary alicyclic amines) is 1. The Morgan fingerprint density at radius 3 is 2.48 bits per heavy atom. The molecule has 0 amide bonds. The average molecular weight is 393 g/mol. The second-order valence-corrected chi connectivity index (χ2v) is 8.43. The molecule has 1 fully saturated rings. The van der Waals surface area contributed by atoms with E-state index in [0.717, 1.165) is 50.7 Å². The van der Waals surface area contributed by atoms with E-state index in [1.54, 1.807) is 11.3 Å². The fourth-order valence-corrected chi connectivity index (χ4v) is 5.00. The van der Waals surface area contributed by atoms with E-state index in [1.165, 1.54) is 30.4 Å². The molecule has 4 aromatic rings. The predicted octanol–water partition coefficient (Wildman–Crippen LogP) is 5.57. The summed E-state index contributed by atoms with van der Waals surface area (Å²) in [5, 5.41) is 5.40. The highest BCUT2D eigenvalue weighted by atomic mass is 32.1. The molecule has 136 valence electrons. The number of nitrogens with zero attached hydrogens (tertiary/aromatic N) is 3. The van der Waals surface area contributed by atoms with Crippen LogP contribution in [0.1, 0.15) is 25.7 Å². The Labute approximate surface area is 167 Å². The van der Waals surface area contributed by atoms with Crippen molar-refractivity contribution in [2.75, 3.05) is 18.4 Å². The highest BCUT2D eigenvalue weighted by Gasteiger charge is 2.14. The van der Waals surface area contributed by atoms with Crippen LogP contribution in [0.4, 0.5) is 5.69 Å². The summed E-state index contributed by atoms with van der Waals surface area (Å²) in [6.07, 6.45) is 5.05. The van der Waals surface area contributed by atoms with E-state index in [1.807, 2.05) is 24.3 Å². The van der Waals surface area contributed by atoms with E-state index >= 15 is 0 Å². The van der Waals surface area contributed by atoms with E-state index in [2.05, 4.69) is 28.4 Å². The summed E-state index contributed by atoms with van der Waals surface area (Å²) in [7, 11) is 0. The molecular weight excluding hydrogens is 372 g/mol. The molecule has 0 saturated carbocycles. The maximum absolute atomic E-state index is 5.67. The molecule has 1 aliphatic heterocycles. The number of thiocarbonyl (C=S) groups is 1. The largest absolute Gasteiger partial charge is 0.349 e. The minimum atomic E-state index is 0.826. The third kappa shape index (κ3) is 3.24. The number of para-hydroxylation sites is 2. The van der Waals surface area contributed by atoms with Crippen LogP contribution in [0.25, 0.3) is 31.5 Å². The number of aromatic nitrogens is 2. The normalized spacial score (nSPS) is 15.3. The molecular formula is C21H20N4S2. The third-order valence-corrected chi connectivity index (χ3v) is 6.54. The molecule has 1 N–H and O–H groups in total. The van der Waals surface area contributed by atoms with Gasteiger partial charge in [0, 0.05) is 28.9 Å². The molecule has 5 rings (SSSR count). The number of anilines is 1. The van der Waals surface area contributed by atoms with Crippen molar-refractivity contribution < 1.29 is 0 Å². The summed E-state index contributed by atoms with van der Waals surface area (Å²) in [4.78, 5) is 12.9. The molecule has 0 atom stereocenters. The van der Waals surface area contributed by atoms with E-state index < -0.39 is 0 Å². The van der Waals surface area contributed by atoms with Gasteiger partial charge in [0.2, 0.25) is 0 Å². The van der Waals surface area contributed by atoms with Crippen LogP contribution in [0.5, 0.6) is 0 Å². The van der Waals surface area contributed by atoms with Crippen molar-refractivity contribution >= 4 is 65.8 Å². The van der Waals surface area contributed by atoms with E-state index in [4.69, 9.17) is 22.2 Å². The summed E-state index contributed by atoms with van der Waals surface area (Å²) in [6.45, 7) is 2.10. The smallest absolute Gasteiger partial charge is 0.173 e. The van der Waals surface area contributed by atoms with Gasteiger partial charge in [0.25, 0.3) is 0 Å². The quantitative estimate of drug-likeness (QED) is 0.429. The first kappa shape index (κ1) is 16.8. The number of hydrogen-bond donors (Lipinski definition) is 1. The maximum atomic E-state index is 5.67. The highest BCUT2D eigenvalue weighted by molar-refractivity contribution is 7.80. The molecule has 0 radical (unpaired) electrons. The lowest BCUT2D eigenvalue weighted by atomic mass is 10.2. The Morgan fingerprint density at radius 2 is 1.70 bits per heavy atom. The molecule has 4 nitrogen and oxygen atoms in total. The molecule has 6 heteroatoms. The van der Waals surface area contributed by atoms with Crippen LogP contribution < -0.4 is 5.32 Å². The van der Waals surface area contributed by atoms with Crippen LogP contribution in [0.3, 0.4) is 0 Å². The first-order valence-corrected chi connectivity index (χ1v) is 10.7.